The van der Waals surface area contributed by atoms with Gasteiger partial charge in [-0.2, -0.15) is 0 Å². The molecular weight excluding hydrogens is 356 g/mol. The third-order valence-electron chi connectivity index (χ3n) is 5.02. The number of nitrogens with zero attached hydrogens (tertiary/aromatic N) is 1. The Labute approximate surface area is 167 Å². The van der Waals surface area contributed by atoms with Gasteiger partial charge in [-0.15, -0.1) is 0 Å². The number of nitrogens with one attached hydrogen (secondary N) is 1. The third kappa shape index (κ3) is 5.16. The fourth-order valence-corrected chi connectivity index (χ4v) is 3.50. The summed E-state index contributed by atoms with van der Waals surface area (Å²) in [7, 11) is 1.68. The summed E-state index contributed by atoms with van der Waals surface area (Å²) < 4.78 is 16.3. The van der Waals surface area contributed by atoms with Crippen LogP contribution in [0.1, 0.15) is 24.1 Å². The van der Waals surface area contributed by atoms with Crippen molar-refractivity contribution < 1.29 is 19.3 Å². The van der Waals surface area contributed by atoms with E-state index in [4.69, 9.17) is 14.2 Å². The van der Waals surface area contributed by atoms with Crippen molar-refractivity contribution in [2.45, 2.75) is 19.5 Å². The van der Waals surface area contributed by atoms with Gasteiger partial charge in [-0.05, 0) is 30.7 Å². The Bertz CT molecular complexity index is 730. The van der Waals surface area contributed by atoms with Crippen molar-refractivity contribution in [3.8, 4) is 17.2 Å². The molecule has 1 saturated heterocycles. The van der Waals surface area contributed by atoms with Crippen LogP contribution in [0.5, 0.6) is 17.2 Å². The van der Waals surface area contributed by atoms with Crippen molar-refractivity contribution in [2.75, 3.05) is 46.6 Å². The minimum atomic E-state index is 0.212. The maximum Gasteiger partial charge on any atom is 0.162 e. The van der Waals surface area contributed by atoms with Gasteiger partial charge in [-0.25, -0.2) is 0 Å². The molecule has 6 nitrogen and oxygen atoms in total. The van der Waals surface area contributed by atoms with E-state index < -0.39 is 0 Å². The molecule has 2 aromatic rings. The highest BCUT2D eigenvalue weighted by atomic mass is 16.5. The molecule has 1 fully saturated rings. The van der Waals surface area contributed by atoms with Crippen LogP contribution in [0.25, 0.3) is 0 Å². The van der Waals surface area contributed by atoms with Crippen molar-refractivity contribution in [1.29, 1.82) is 0 Å². The number of hydrogen-bond donors (Lipinski definition) is 2. The summed E-state index contributed by atoms with van der Waals surface area (Å²) in [6.45, 7) is 7.10. The summed E-state index contributed by atoms with van der Waals surface area (Å²) >= 11 is 0. The Morgan fingerprint density at radius 2 is 1.89 bits per heavy atom. The quantitative estimate of drug-likeness (QED) is 0.691. The number of phenolic OH excluding ortho intramolecular Hbond substituents is 1. The fourth-order valence-electron chi connectivity index (χ4n) is 3.50. The van der Waals surface area contributed by atoms with Gasteiger partial charge in [0.1, 0.15) is 5.75 Å². The van der Waals surface area contributed by atoms with E-state index >= 15 is 0 Å². The predicted molar refractivity (Wildman–Crippen MR) is 109 cm³/mol. The SMILES string of the molecule is CCOc1cccc(CNCC(c2ccc(OC)cc2)N2CCOCC2)c1O. The molecule has 0 aliphatic carbocycles. The molecule has 1 aliphatic heterocycles. The molecule has 6 heteroatoms. The van der Waals surface area contributed by atoms with Crippen molar-refractivity contribution in [1.82, 2.24) is 10.2 Å². The molecule has 1 unspecified atom stereocenters. The highest BCUT2D eigenvalue weighted by molar-refractivity contribution is 5.45. The van der Waals surface area contributed by atoms with E-state index in [1.807, 2.05) is 31.2 Å². The summed E-state index contributed by atoms with van der Waals surface area (Å²) in [6, 6.07) is 14.1. The number of rotatable bonds is 9. The van der Waals surface area contributed by atoms with Crippen LogP contribution in [0, 0.1) is 0 Å². The molecule has 0 radical (unpaired) electrons. The zero-order chi connectivity index (χ0) is 19.8. The van der Waals surface area contributed by atoms with Gasteiger partial charge in [-0.1, -0.05) is 24.3 Å². The minimum Gasteiger partial charge on any atom is -0.504 e. The third-order valence-corrected chi connectivity index (χ3v) is 5.02. The molecule has 1 heterocycles. The molecule has 152 valence electrons. The van der Waals surface area contributed by atoms with Gasteiger partial charge in [0, 0.05) is 37.8 Å². The lowest BCUT2D eigenvalue weighted by molar-refractivity contribution is 0.0161. The number of aromatic hydroxyl groups is 1. The van der Waals surface area contributed by atoms with E-state index in [0.29, 0.717) is 18.9 Å². The first kappa shape index (κ1) is 20.5. The van der Waals surface area contributed by atoms with E-state index in [0.717, 1.165) is 44.2 Å². The molecular formula is C22H30N2O4. The van der Waals surface area contributed by atoms with E-state index in [2.05, 4.69) is 22.3 Å². The minimum absolute atomic E-state index is 0.212. The first-order valence-corrected chi connectivity index (χ1v) is 9.83. The van der Waals surface area contributed by atoms with Gasteiger partial charge < -0.3 is 24.6 Å². The summed E-state index contributed by atoms with van der Waals surface area (Å²) in [4.78, 5) is 2.44. The van der Waals surface area contributed by atoms with Gasteiger partial charge in [0.15, 0.2) is 11.5 Å². The molecule has 0 saturated carbocycles. The smallest absolute Gasteiger partial charge is 0.162 e. The number of morpholine rings is 1. The average molecular weight is 386 g/mol. The maximum atomic E-state index is 10.4. The van der Waals surface area contributed by atoms with Crippen LogP contribution in [0.15, 0.2) is 42.5 Å². The summed E-state index contributed by atoms with van der Waals surface area (Å²) in [5.41, 5.74) is 2.07. The van der Waals surface area contributed by atoms with Gasteiger partial charge in [-0.3, -0.25) is 4.90 Å². The Morgan fingerprint density at radius 1 is 1.14 bits per heavy atom. The Kier molecular flexibility index (Phi) is 7.54. The summed E-state index contributed by atoms with van der Waals surface area (Å²) in [6.07, 6.45) is 0. The highest BCUT2D eigenvalue weighted by Gasteiger charge is 2.22. The molecule has 28 heavy (non-hydrogen) atoms. The maximum absolute atomic E-state index is 10.4. The molecule has 2 N–H and O–H groups in total. The molecule has 2 aromatic carbocycles. The lowest BCUT2D eigenvalue weighted by Crippen LogP contribution is -2.42. The second-order valence-corrected chi connectivity index (χ2v) is 6.77. The lowest BCUT2D eigenvalue weighted by atomic mass is 10.0. The number of hydrogen-bond acceptors (Lipinski definition) is 6. The van der Waals surface area contributed by atoms with E-state index in [9.17, 15) is 5.11 Å². The highest BCUT2D eigenvalue weighted by Crippen LogP contribution is 2.30. The van der Waals surface area contributed by atoms with Crippen LogP contribution in [-0.4, -0.2) is 56.6 Å². The van der Waals surface area contributed by atoms with Crippen LogP contribution < -0.4 is 14.8 Å². The molecule has 3 rings (SSSR count). The molecule has 0 bridgehead atoms. The summed E-state index contributed by atoms with van der Waals surface area (Å²) in [5, 5.41) is 13.9. The standard InChI is InChI=1S/C22H30N2O4/c1-3-28-21-6-4-5-18(22(21)25)15-23-16-20(24-11-13-27-14-12-24)17-7-9-19(26-2)10-8-17/h4-10,20,23,25H,3,11-16H2,1-2H3. The summed E-state index contributed by atoms with van der Waals surface area (Å²) in [5.74, 6) is 1.60. The van der Waals surface area contributed by atoms with Crippen molar-refractivity contribution >= 4 is 0 Å². The first-order valence-electron chi connectivity index (χ1n) is 9.83. The number of para-hydroxylation sites is 1. The van der Waals surface area contributed by atoms with Gasteiger partial charge in [0.2, 0.25) is 0 Å². The predicted octanol–water partition coefficient (Wildman–Crippen LogP) is 2.96. The zero-order valence-corrected chi connectivity index (χ0v) is 16.7. The van der Waals surface area contributed by atoms with E-state index in [1.165, 1.54) is 5.56 Å². The van der Waals surface area contributed by atoms with Crippen molar-refractivity contribution in [2.24, 2.45) is 0 Å². The number of ether oxygens (including phenoxy) is 3. The van der Waals surface area contributed by atoms with E-state index in [1.54, 1.807) is 13.2 Å². The zero-order valence-electron chi connectivity index (χ0n) is 16.7. The van der Waals surface area contributed by atoms with Crippen LogP contribution in [0.4, 0.5) is 0 Å². The molecule has 0 aromatic heterocycles. The normalized spacial score (nSPS) is 15.9. The van der Waals surface area contributed by atoms with Crippen LogP contribution in [-0.2, 0) is 11.3 Å². The molecule has 1 aliphatic rings. The molecule has 0 amide bonds. The number of methoxy groups -OCH3 is 1. The van der Waals surface area contributed by atoms with Gasteiger partial charge in [0.05, 0.1) is 26.9 Å². The van der Waals surface area contributed by atoms with Crippen LogP contribution >= 0.6 is 0 Å². The van der Waals surface area contributed by atoms with Crippen molar-refractivity contribution in [3.05, 3.63) is 53.6 Å². The lowest BCUT2D eigenvalue weighted by Gasteiger charge is -2.35. The first-order chi connectivity index (χ1) is 13.7. The largest absolute Gasteiger partial charge is 0.504 e. The Hall–Kier alpha value is -2.28. The van der Waals surface area contributed by atoms with E-state index in [-0.39, 0.29) is 11.8 Å². The molecule has 0 spiro atoms. The monoisotopic (exact) mass is 386 g/mol. The topological polar surface area (TPSA) is 63.2 Å². The second-order valence-electron chi connectivity index (χ2n) is 6.77. The Morgan fingerprint density at radius 3 is 2.57 bits per heavy atom. The van der Waals surface area contributed by atoms with Crippen molar-refractivity contribution in [3.63, 3.8) is 0 Å². The fraction of sp³-hybridized carbons (Fsp3) is 0.455. The average Bonchev–Trinajstić information content (AvgIpc) is 2.74. The van der Waals surface area contributed by atoms with Crippen LogP contribution in [0.2, 0.25) is 0 Å². The number of benzene rings is 2. The molecule has 1 atom stereocenters. The van der Waals surface area contributed by atoms with Crippen LogP contribution in [0.3, 0.4) is 0 Å². The van der Waals surface area contributed by atoms with Gasteiger partial charge in [0.25, 0.3) is 0 Å². The Balaban J connectivity index is 1.68. The number of phenols is 1. The second kappa shape index (κ2) is 10.3. The van der Waals surface area contributed by atoms with Gasteiger partial charge >= 0.3 is 0 Å².